The van der Waals surface area contributed by atoms with Gasteiger partial charge in [0, 0.05) is 25.9 Å². The molecule has 5 nitrogen and oxygen atoms in total. The van der Waals surface area contributed by atoms with Crippen molar-refractivity contribution in [3.63, 3.8) is 0 Å². The van der Waals surface area contributed by atoms with Crippen LogP contribution in [0.4, 0.5) is 5.95 Å². The molecule has 0 bridgehead atoms. The summed E-state index contributed by atoms with van der Waals surface area (Å²) in [4.78, 5) is 8.60. The molecule has 0 aliphatic rings. The number of aryl methyl sites for hydroxylation is 3. The smallest absolute Gasteiger partial charge is 0.223 e. The van der Waals surface area contributed by atoms with E-state index < -0.39 is 0 Å². The molecule has 0 saturated heterocycles. The highest BCUT2D eigenvalue weighted by molar-refractivity contribution is 7.99. The van der Waals surface area contributed by atoms with Crippen molar-refractivity contribution >= 4 is 17.7 Å². The number of rotatable bonds is 3. The van der Waals surface area contributed by atoms with Crippen LogP contribution in [0.5, 0.6) is 0 Å². The fourth-order valence-corrected chi connectivity index (χ4v) is 2.38. The highest BCUT2D eigenvalue weighted by atomic mass is 32.2. The van der Waals surface area contributed by atoms with Gasteiger partial charge in [-0.25, -0.2) is 9.97 Å². The summed E-state index contributed by atoms with van der Waals surface area (Å²) in [5.41, 5.74) is 2.07. The molecule has 0 saturated carbocycles. The first-order valence-corrected chi connectivity index (χ1v) is 6.11. The summed E-state index contributed by atoms with van der Waals surface area (Å²) in [5, 5.41) is 9.29. The van der Waals surface area contributed by atoms with Gasteiger partial charge in [-0.2, -0.15) is 5.10 Å². The van der Waals surface area contributed by atoms with Crippen LogP contribution in [0.3, 0.4) is 0 Å². The number of aromatic nitrogens is 4. The molecule has 6 heteroatoms. The molecule has 2 rings (SSSR count). The lowest BCUT2D eigenvalue weighted by Gasteiger charge is -2.06. The van der Waals surface area contributed by atoms with Gasteiger partial charge >= 0.3 is 0 Å². The first-order chi connectivity index (χ1) is 8.10. The molecule has 0 spiro atoms. The largest absolute Gasteiger partial charge is 0.357 e. The van der Waals surface area contributed by atoms with Crippen molar-refractivity contribution in [2.75, 3.05) is 12.4 Å². The van der Waals surface area contributed by atoms with Gasteiger partial charge in [-0.1, -0.05) is 0 Å². The third-order valence-corrected chi connectivity index (χ3v) is 3.51. The van der Waals surface area contributed by atoms with Gasteiger partial charge in [0.25, 0.3) is 0 Å². The van der Waals surface area contributed by atoms with Gasteiger partial charge in [0.05, 0.1) is 5.69 Å². The molecule has 0 unspecified atom stereocenters. The summed E-state index contributed by atoms with van der Waals surface area (Å²) in [7, 11) is 3.75. The number of hydrogen-bond acceptors (Lipinski definition) is 5. The van der Waals surface area contributed by atoms with Gasteiger partial charge in [-0.15, -0.1) is 0 Å². The Labute approximate surface area is 105 Å². The summed E-state index contributed by atoms with van der Waals surface area (Å²) in [5.74, 6) is 0.636. The Morgan fingerprint density at radius 1 is 1.35 bits per heavy atom. The molecular formula is C11H15N5S. The lowest BCUT2D eigenvalue weighted by atomic mass is 10.4. The average molecular weight is 249 g/mol. The molecule has 0 aliphatic carbocycles. The molecular weight excluding hydrogens is 234 g/mol. The molecule has 2 heterocycles. The van der Waals surface area contributed by atoms with Gasteiger partial charge in [0.2, 0.25) is 5.95 Å². The van der Waals surface area contributed by atoms with E-state index in [9.17, 15) is 0 Å². The minimum absolute atomic E-state index is 0.636. The zero-order valence-electron chi connectivity index (χ0n) is 10.4. The summed E-state index contributed by atoms with van der Waals surface area (Å²) < 4.78 is 1.86. The predicted octanol–water partition coefficient (Wildman–Crippen LogP) is 2.02. The molecule has 2 aromatic rings. The fourth-order valence-electron chi connectivity index (χ4n) is 1.43. The van der Waals surface area contributed by atoms with Crippen LogP contribution in [-0.4, -0.2) is 26.8 Å². The highest BCUT2D eigenvalue weighted by Gasteiger charge is 2.09. The normalized spacial score (nSPS) is 10.6. The summed E-state index contributed by atoms with van der Waals surface area (Å²) in [6, 6.07) is 2.05. The Morgan fingerprint density at radius 2 is 2.12 bits per heavy atom. The third kappa shape index (κ3) is 2.58. The van der Waals surface area contributed by atoms with Crippen molar-refractivity contribution < 1.29 is 0 Å². The number of nitrogens with one attached hydrogen (secondary N) is 1. The molecule has 0 amide bonds. The zero-order chi connectivity index (χ0) is 12.4. The van der Waals surface area contributed by atoms with E-state index in [-0.39, 0.29) is 0 Å². The molecule has 0 fully saturated rings. The van der Waals surface area contributed by atoms with E-state index in [2.05, 4.69) is 20.4 Å². The number of nitrogens with zero attached hydrogens (tertiary/aromatic N) is 4. The van der Waals surface area contributed by atoms with Crippen molar-refractivity contribution in [2.45, 2.75) is 23.9 Å². The van der Waals surface area contributed by atoms with Crippen molar-refractivity contribution in [2.24, 2.45) is 7.05 Å². The molecule has 0 radical (unpaired) electrons. The SMILES string of the molecule is CNc1ncc(C)c(Sc2cc(C)nn2C)n1. The number of anilines is 1. The Kier molecular flexibility index (Phi) is 3.33. The summed E-state index contributed by atoms with van der Waals surface area (Å²) in [6.45, 7) is 3.99. The molecule has 1 N–H and O–H groups in total. The van der Waals surface area contributed by atoms with Crippen LogP contribution in [0.1, 0.15) is 11.3 Å². The standard InChI is InChI=1S/C11H15N5S/c1-7-6-13-11(12-3)14-10(7)17-9-5-8(2)15-16(9)4/h5-6H,1-4H3,(H,12,13,14). The summed E-state index contributed by atoms with van der Waals surface area (Å²) in [6.07, 6.45) is 1.82. The molecule has 0 aliphatic heterocycles. The van der Waals surface area contributed by atoms with Crippen LogP contribution >= 0.6 is 11.8 Å². The van der Waals surface area contributed by atoms with Crippen LogP contribution in [0.25, 0.3) is 0 Å². The minimum Gasteiger partial charge on any atom is -0.357 e. The van der Waals surface area contributed by atoms with E-state index >= 15 is 0 Å². The van der Waals surface area contributed by atoms with Crippen LogP contribution in [0, 0.1) is 13.8 Å². The fraction of sp³-hybridized carbons (Fsp3) is 0.364. The first-order valence-electron chi connectivity index (χ1n) is 5.30. The second-order valence-corrected chi connectivity index (χ2v) is 4.79. The minimum atomic E-state index is 0.636. The molecule has 17 heavy (non-hydrogen) atoms. The van der Waals surface area contributed by atoms with Gasteiger partial charge in [-0.05, 0) is 31.7 Å². The second kappa shape index (κ2) is 4.75. The van der Waals surface area contributed by atoms with E-state index in [1.807, 2.05) is 44.9 Å². The Hall–Kier alpha value is -1.56. The van der Waals surface area contributed by atoms with E-state index in [1.165, 1.54) is 0 Å². The van der Waals surface area contributed by atoms with Crippen molar-refractivity contribution in [1.29, 1.82) is 0 Å². The van der Waals surface area contributed by atoms with Crippen LogP contribution in [0.15, 0.2) is 22.3 Å². The van der Waals surface area contributed by atoms with Crippen LogP contribution in [-0.2, 0) is 7.05 Å². The summed E-state index contributed by atoms with van der Waals surface area (Å²) >= 11 is 1.60. The van der Waals surface area contributed by atoms with Crippen LogP contribution < -0.4 is 5.32 Å². The van der Waals surface area contributed by atoms with Gasteiger partial charge in [0.15, 0.2) is 0 Å². The van der Waals surface area contributed by atoms with Crippen molar-refractivity contribution in [1.82, 2.24) is 19.7 Å². The molecule has 90 valence electrons. The molecule has 0 atom stereocenters. The second-order valence-electron chi connectivity index (χ2n) is 3.78. The van der Waals surface area contributed by atoms with Crippen molar-refractivity contribution in [3.05, 3.63) is 23.5 Å². The van der Waals surface area contributed by atoms with Gasteiger partial charge < -0.3 is 5.32 Å². The van der Waals surface area contributed by atoms with Gasteiger partial charge in [0.1, 0.15) is 10.1 Å². The Balaban J connectivity index is 2.32. The predicted molar refractivity (Wildman–Crippen MR) is 68.4 cm³/mol. The highest BCUT2D eigenvalue weighted by Crippen LogP contribution is 2.28. The maximum Gasteiger partial charge on any atom is 0.223 e. The first kappa shape index (κ1) is 11.9. The topological polar surface area (TPSA) is 55.6 Å². The van der Waals surface area contributed by atoms with E-state index in [0.717, 1.165) is 21.3 Å². The lowest BCUT2D eigenvalue weighted by Crippen LogP contribution is -1.99. The third-order valence-electron chi connectivity index (χ3n) is 2.31. The maximum atomic E-state index is 4.44. The Bertz CT molecular complexity index is 535. The van der Waals surface area contributed by atoms with Crippen molar-refractivity contribution in [3.8, 4) is 0 Å². The van der Waals surface area contributed by atoms with Gasteiger partial charge in [-0.3, -0.25) is 4.68 Å². The lowest BCUT2D eigenvalue weighted by molar-refractivity contribution is 0.692. The molecule has 0 aromatic carbocycles. The molecule has 2 aromatic heterocycles. The van der Waals surface area contributed by atoms with E-state index in [0.29, 0.717) is 5.95 Å². The Morgan fingerprint density at radius 3 is 2.71 bits per heavy atom. The number of hydrogen-bond donors (Lipinski definition) is 1. The van der Waals surface area contributed by atoms with E-state index in [4.69, 9.17) is 0 Å². The van der Waals surface area contributed by atoms with Crippen LogP contribution in [0.2, 0.25) is 0 Å². The monoisotopic (exact) mass is 249 g/mol. The quantitative estimate of drug-likeness (QED) is 0.843. The average Bonchev–Trinajstić information content (AvgIpc) is 2.60. The van der Waals surface area contributed by atoms with E-state index in [1.54, 1.807) is 11.8 Å². The maximum absolute atomic E-state index is 4.44. The zero-order valence-corrected chi connectivity index (χ0v) is 11.2.